The van der Waals surface area contributed by atoms with Gasteiger partial charge in [0.15, 0.2) is 0 Å². The minimum absolute atomic E-state index is 0.685. The van der Waals surface area contributed by atoms with E-state index in [0.717, 1.165) is 34.4 Å². The SMILES string of the molecule is COc1ccc(Br)c(CNCc2ccc(C#N)cc2)c1. The first-order valence-corrected chi connectivity index (χ1v) is 7.04. The smallest absolute Gasteiger partial charge is 0.119 e. The molecule has 0 radical (unpaired) electrons. The van der Waals surface area contributed by atoms with Gasteiger partial charge in [-0.05, 0) is 41.5 Å². The average molecular weight is 331 g/mol. The number of halogens is 1. The van der Waals surface area contributed by atoms with E-state index in [1.54, 1.807) is 7.11 Å². The van der Waals surface area contributed by atoms with Crippen LogP contribution in [0, 0.1) is 11.3 Å². The highest BCUT2D eigenvalue weighted by Crippen LogP contribution is 2.22. The van der Waals surface area contributed by atoms with Gasteiger partial charge in [0, 0.05) is 17.6 Å². The Morgan fingerprint density at radius 3 is 2.55 bits per heavy atom. The third-order valence-electron chi connectivity index (χ3n) is 2.98. The van der Waals surface area contributed by atoms with E-state index in [2.05, 4.69) is 27.3 Å². The fraction of sp³-hybridized carbons (Fsp3) is 0.188. The van der Waals surface area contributed by atoms with Gasteiger partial charge >= 0.3 is 0 Å². The number of rotatable bonds is 5. The first kappa shape index (κ1) is 14.6. The zero-order valence-electron chi connectivity index (χ0n) is 11.2. The summed E-state index contributed by atoms with van der Waals surface area (Å²) >= 11 is 3.53. The van der Waals surface area contributed by atoms with Crippen LogP contribution >= 0.6 is 15.9 Å². The summed E-state index contributed by atoms with van der Waals surface area (Å²) < 4.78 is 6.28. The van der Waals surface area contributed by atoms with Crippen LogP contribution in [0.25, 0.3) is 0 Å². The summed E-state index contributed by atoms with van der Waals surface area (Å²) in [6.45, 7) is 1.51. The van der Waals surface area contributed by atoms with Crippen LogP contribution in [-0.4, -0.2) is 7.11 Å². The summed E-state index contributed by atoms with van der Waals surface area (Å²) in [4.78, 5) is 0. The maximum atomic E-state index is 8.75. The maximum absolute atomic E-state index is 8.75. The van der Waals surface area contributed by atoms with Crippen LogP contribution in [0.3, 0.4) is 0 Å². The van der Waals surface area contributed by atoms with Crippen molar-refractivity contribution in [3.8, 4) is 11.8 Å². The molecule has 0 aromatic heterocycles. The van der Waals surface area contributed by atoms with E-state index in [4.69, 9.17) is 10.00 Å². The highest BCUT2D eigenvalue weighted by Gasteiger charge is 2.02. The largest absolute Gasteiger partial charge is 0.497 e. The van der Waals surface area contributed by atoms with Crippen LogP contribution in [0.5, 0.6) is 5.75 Å². The molecular weight excluding hydrogens is 316 g/mol. The van der Waals surface area contributed by atoms with E-state index in [0.29, 0.717) is 5.56 Å². The molecule has 0 aliphatic heterocycles. The second-order valence-corrected chi connectivity index (χ2v) is 5.22. The number of methoxy groups -OCH3 is 1. The monoisotopic (exact) mass is 330 g/mol. The average Bonchev–Trinajstić information content (AvgIpc) is 2.50. The Hall–Kier alpha value is -1.83. The molecule has 4 heteroatoms. The lowest BCUT2D eigenvalue weighted by Gasteiger charge is -2.09. The van der Waals surface area contributed by atoms with Crippen molar-refractivity contribution >= 4 is 15.9 Å². The molecule has 1 N–H and O–H groups in total. The predicted octanol–water partition coefficient (Wildman–Crippen LogP) is 3.62. The van der Waals surface area contributed by atoms with Gasteiger partial charge in [0.25, 0.3) is 0 Å². The summed E-state index contributed by atoms with van der Waals surface area (Å²) in [5.41, 5.74) is 2.99. The van der Waals surface area contributed by atoms with Crippen LogP contribution in [0.1, 0.15) is 16.7 Å². The quantitative estimate of drug-likeness (QED) is 0.910. The Labute approximate surface area is 127 Å². The van der Waals surface area contributed by atoms with Gasteiger partial charge < -0.3 is 10.1 Å². The molecule has 0 atom stereocenters. The van der Waals surface area contributed by atoms with Gasteiger partial charge in [0.05, 0.1) is 18.7 Å². The molecule has 102 valence electrons. The van der Waals surface area contributed by atoms with Gasteiger partial charge in [0.2, 0.25) is 0 Å². The van der Waals surface area contributed by atoms with Crippen LogP contribution < -0.4 is 10.1 Å². The molecule has 2 aromatic rings. The van der Waals surface area contributed by atoms with E-state index in [9.17, 15) is 0 Å². The maximum Gasteiger partial charge on any atom is 0.119 e. The molecule has 0 heterocycles. The molecule has 0 saturated carbocycles. The van der Waals surface area contributed by atoms with Crippen molar-refractivity contribution in [1.29, 1.82) is 5.26 Å². The van der Waals surface area contributed by atoms with Crippen molar-refractivity contribution < 1.29 is 4.74 Å². The standard InChI is InChI=1S/C16H15BrN2O/c1-20-15-6-7-16(17)14(8-15)11-19-10-13-4-2-12(9-18)3-5-13/h2-8,19H,10-11H2,1H3. The van der Waals surface area contributed by atoms with Gasteiger partial charge in [-0.3, -0.25) is 0 Å². The Morgan fingerprint density at radius 2 is 1.90 bits per heavy atom. The van der Waals surface area contributed by atoms with Crippen LogP contribution in [0.2, 0.25) is 0 Å². The second kappa shape index (κ2) is 7.09. The fourth-order valence-electron chi connectivity index (χ4n) is 1.85. The normalized spacial score (nSPS) is 10.1. The number of hydrogen-bond donors (Lipinski definition) is 1. The van der Waals surface area contributed by atoms with Crippen molar-refractivity contribution in [3.05, 3.63) is 63.6 Å². The Bertz CT molecular complexity index is 617. The third kappa shape index (κ3) is 3.83. The molecular formula is C16H15BrN2O. The van der Waals surface area contributed by atoms with Crippen molar-refractivity contribution in [2.45, 2.75) is 13.1 Å². The van der Waals surface area contributed by atoms with Crippen LogP contribution in [0.4, 0.5) is 0 Å². The van der Waals surface area contributed by atoms with Gasteiger partial charge in [-0.2, -0.15) is 5.26 Å². The van der Waals surface area contributed by atoms with Crippen molar-refractivity contribution in [2.75, 3.05) is 7.11 Å². The molecule has 0 saturated heterocycles. The van der Waals surface area contributed by atoms with Crippen molar-refractivity contribution in [3.63, 3.8) is 0 Å². The third-order valence-corrected chi connectivity index (χ3v) is 3.75. The van der Waals surface area contributed by atoms with E-state index in [1.807, 2.05) is 42.5 Å². The lowest BCUT2D eigenvalue weighted by molar-refractivity contribution is 0.414. The number of hydrogen-bond acceptors (Lipinski definition) is 3. The summed E-state index contributed by atoms with van der Waals surface area (Å²) in [5.74, 6) is 0.850. The van der Waals surface area contributed by atoms with Crippen LogP contribution in [0.15, 0.2) is 46.9 Å². The van der Waals surface area contributed by atoms with Gasteiger partial charge in [-0.15, -0.1) is 0 Å². The molecule has 0 spiro atoms. The summed E-state index contributed by atoms with van der Waals surface area (Å²) in [6.07, 6.45) is 0. The molecule has 2 rings (SSSR count). The Balaban J connectivity index is 1.93. The highest BCUT2D eigenvalue weighted by atomic mass is 79.9. The summed E-state index contributed by atoms with van der Waals surface area (Å²) in [7, 11) is 1.66. The second-order valence-electron chi connectivity index (χ2n) is 4.37. The van der Waals surface area contributed by atoms with E-state index in [-0.39, 0.29) is 0 Å². The molecule has 0 amide bonds. The van der Waals surface area contributed by atoms with Gasteiger partial charge in [0.1, 0.15) is 5.75 Å². The van der Waals surface area contributed by atoms with E-state index in [1.165, 1.54) is 0 Å². The number of benzene rings is 2. The first-order valence-electron chi connectivity index (χ1n) is 6.25. The number of nitriles is 1. The molecule has 0 bridgehead atoms. The Kier molecular flexibility index (Phi) is 5.16. The number of nitrogens with zero attached hydrogens (tertiary/aromatic N) is 1. The molecule has 20 heavy (non-hydrogen) atoms. The summed E-state index contributed by atoms with van der Waals surface area (Å²) in [6, 6.07) is 15.6. The zero-order valence-corrected chi connectivity index (χ0v) is 12.8. The fourth-order valence-corrected chi connectivity index (χ4v) is 2.24. The predicted molar refractivity (Wildman–Crippen MR) is 82.4 cm³/mol. The first-order chi connectivity index (χ1) is 9.72. The van der Waals surface area contributed by atoms with Gasteiger partial charge in [-0.1, -0.05) is 28.1 Å². The lowest BCUT2D eigenvalue weighted by Crippen LogP contribution is -2.13. The topological polar surface area (TPSA) is 45.0 Å². The lowest BCUT2D eigenvalue weighted by atomic mass is 10.1. The minimum atomic E-state index is 0.685. The molecule has 0 aliphatic carbocycles. The summed E-state index contributed by atoms with van der Waals surface area (Å²) in [5, 5.41) is 12.1. The number of nitrogens with one attached hydrogen (secondary N) is 1. The molecule has 2 aromatic carbocycles. The van der Waals surface area contributed by atoms with Gasteiger partial charge in [-0.25, -0.2) is 0 Å². The van der Waals surface area contributed by atoms with Crippen LogP contribution in [-0.2, 0) is 13.1 Å². The minimum Gasteiger partial charge on any atom is -0.497 e. The molecule has 0 aliphatic rings. The molecule has 0 fully saturated rings. The van der Waals surface area contributed by atoms with Crippen molar-refractivity contribution in [2.24, 2.45) is 0 Å². The molecule has 0 unspecified atom stereocenters. The van der Waals surface area contributed by atoms with Crippen molar-refractivity contribution in [1.82, 2.24) is 5.32 Å². The number of ether oxygens (including phenoxy) is 1. The van der Waals surface area contributed by atoms with E-state index < -0.39 is 0 Å². The zero-order chi connectivity index (χ0) is 14.4. The Morgan fingerprint density at radius 1 is 1.15 bits per heavy atom. The van der Waals surface area contributed by atoms with E-state index >= 15 is 0 Å². The molecule has 3 nitrogen and oxygen atoms in total. The highest BCUT2D eigenvalue weighted by molar-refractivity contribution is 9.10.